The predicted octanol–water partition coefficient (Wildman–Crippen LogP) is 0.469. The zero-order chi connectivity index (χ0) is 11.3. The quantitative estimate of drug-likeness (QED) is 0.404. The first-order valence-corrected chi connectivity index (χ1v) is 5.80. The Balaban J connectivity index is 2.15. The standard InChI is InChI=1S/C12H25N3/c1-13(2)6-8-15(5)9-7-14(3,4)11-12(15)10-13/h1,3,6-11H2,2,4-5H3. The van der Waals surface area contributed by atoms with Gasteiger partial charge in [-0.05, 0) is 19.1 Å². The van der Waals surface area contributed by atoms with E-state index in [1.807, 2.05) is 0 Å². The van der Waals surface area contributed by atoms with Crippen molar-refractivity contribution in [2.75, 3.05) is 60.4 Å². The molecule has 15 heavy (non-hydrogen) atoms. The van der Waals surface area contributed by atoms with E-state index in [4.69, 9.17) is 0 Å². The summed E-state index contributed by atoms with van der Waals surface area (Å²) in [7, 11) is 15.4. The van der Waals surface area contributed by atoms with Crippen molar-refractivity contribution in [1.82, 2.24) is 0 Å². The first-order chi connectivity index (χ1) is 6.73. The highest BCUT2D eigenvalue weighted by Crippen LogP contribution is 2.32. The molecule has 2 fully saturated rings. The molecule has 0 aromatic rings. The van der Waals surface area contributed by atoms with Gasteiger partial charge in [-0.1, -0.05) is 0 Å². The highest BCUT2D eigenvalue weighted by Gasteiger charge is 2.38. The summed E-state index contributed by atoms with van der Waals surface area (Å²) in [5, 5.41) is 0. The van der Waals surface area contributed by atoms with Gasteiger partial charge in [0.15, 0.2) is 0 Å². The average Bonchev–Trinajstić information content (AvgIpc) is 2.07. The molecule has 0 saturated carbocycles. The SMILES string of the molecule is [CH2-][N+]1(C)CC[N+]2(C)CC[N+]([CH2-])(C)C[C-]2C1. The number of nitrogens with zero attached hydrogens (tertiary/aromatic N) is 3. The molecule has 88 valence electrons. The lowest BCUT2D eigenvalue weighted by atomic mass is 10.0. The number of hydrogen-bond donors (Lipinski definition) is 0. The Labute approximate surface area is 94.7 Å². The molecule has 2 aliphatic heterocycles. The van der Waals surface area contributed by atoms with Crippen molar-refractivity contribution in [3.05, 3.63) is 20.1 Å². The molecule has 2 unspecified atom stereocenters. The van der Waals surface area contributed by atoms with Gasteiger partial charge in [0.2, 0.25) is 0 Å². The molecule has 2 saturated heterocycles. The van der Waals surface area contributed by atoms with Crippen LogP contribution in [0.3, 0.4) is 0 Å². The zero-order valence-corrected chi connectivity index (χ0v) is 10.5. The Morgan fingerprint density at radius 1 is 0.800 bits per heavy atom. The molecule has 0 radical (unpaired) electrons. The van der Waals surface area contributed by atoms with E-state index >= 15 is 0 Å². The highest BCUT2D eigenvalue weighted by atomic mass is 15.5. The van der Waals surface area contributed by atoms with Crippen LogP contribution in [0.25, 0.3) is 0 Å². The Bertz CT molecular complexity index is 236. The van der Waals surface area contributed by atoms with Crippen LogP contribution in [0.2, 0.25) is 0 Å². The van der Waals surface area contributed by atoms with Gasteiger partial charge in [-0.25, -0.2) is 0 Å². The normalized spacial score (nSPS) is 52.6. The molecule has 0 N–H and O–H groups in total. The number of rotatable bonds is 0. The van der Waals surface area contributed by atoms with Crippen molar-refractivity contribution in [2.45, 2.75) is 0 Å². The Morgan fingerprint density at radius 2 is 1.20 bits per heavy atom. The summed E-state index contributed by atoms with van der Waals surface area (Å²) in [6.07, 6.45) is 0. The molecule has 2 atom stereocenters. The molecule has 0 aliphatic carbocycles. The maximum atomic E-state index is 4.28. The first kappa shape index (κ1) is 11.4. The van der Waals surface area contributed by atoms with Crippen LogP contribution in [-0.2, 0) is 0 Å². The predicted molar refractivity (Wildman–Crippen MR) is 61.7 cm³/mol. The molecule has 0 amide bonds. The van der Waals surface area contributed by atoms with E-state index in [0.29, 0.717) is 0 Å². The summed E-state index contributed by atoms with van der Waals surface area (Å²) in [4.78, 5) is 0. The molecule has 0 aromatic heterocycles. The van der Waals surface area contributed by atoms with Crippen LogP contribution in [0.15, 0.2) is 0 Å². The van der Waals surface area contributed by atoms with Gasteiger partial charge in [0.1, 0.15) is 26.2 Å². The second-order valence-corrected chi connectivity index (χ2v) is 6.41. The van der Waals surface area contributed by atoms with E-state index in [1.54, 1.807) is 6.04 Å². The molecule has 2 heterocycles. The molecule has 3 nitrogen and oxygen atoms in total. The number of likely N-dealkylation sites (N-methyl/N-ethyl adjacent to an activating group) is 3. The molecular formula is C12H25N3. The fraction of sp³-hybridized carbons (Fsp3) is 0.750. The summed E-state index contributed by atoms with van der Waals surface area (Å²) in [5.41, 5.74) is 0. The van der Waals surface area contributed by atoms with Crippen molar-refractivity contribution >= 4 is 0 Å². The Hall–Kier alpha value is -0.120. The van der Waals surface area contributed by atoms with Crippen LogP contribution in [0.4, 0.5) is 0 Å². The van der Waals surface area contributed by atoms with Crippen LogP contribution in [0.5, 0.6) is 0 Å². The fourth-order valence-electron chi connectivity index (χ4n) is 2.78. The number of hydrogen-bond acceptors (Lipinski definition) is 0. The number of quaternary nitrogens is 3. The van der Waals surface area contributed by atoms with Gasteiger partial charge in [0.05, 0.1) is 0 Å². The van der Waals surface area contributed by atoms with Crippen LogP contribution in [0, 0.1) is 20.1 Å². The van der Waals surface area contributed by atoms with Crippen LogP contribution in [0.1, 0.15) is 0 Å². The highest BCUT2D eigenvalue weighted by molar-refractivity contribution is 4.85. The van der Waals surface area contributed by atoms with Crippen molar-refractivity contribution in [2.24, 2.45) is 0 Å². The summed E-state index contributed by atoms with van der Waals surface area (Å²) >= 11 is 0. The smallest absolute Gasteiger partial charge is 0.103 e. The third-order valence-electron chi connectivity index (χ3n) is 4.16. The maximum Gasteiger partial charge on any atom is 0.103 e. The molecule has 2 aliphatic rings. The van der Waals surface area contributed by atoms with Crippen LogP contribution >= 0.6 is 0 Å². The number of fused-ring (bicyclic) bond motifs is 1. The van der Waals surface area contributed by atoms with Crippen molar-refractivity contribution in [3.63, 3.8) is 0 Å². The van der Waals surface area contributed by atoms with E-state index in [-0.39, 0.29) is 0 Å². The van der Waals surface area contributed by atoms with Gasteiger partial charge in [-0.3, -0.25) is 0 Å². The Kier molecular flexibility index (Phi) is 2.42. The lowest BCUT2D eigenvalue weighted by Crippen LogP contribution is -2.71. The summed E-state index contributed by atoms with van der Waals surface area (Å²) in [6, 6.07) is 1.64. The van der Waals surface area contributed by atoms with E-state index in [9.17, 15) is 0 Å². The van der Waals surface area contributed by atoms with Crippen LogP contribution in [-0.4, -0.2) is 73.9 Å². The fourth-order valence-corrected chi connectivity index (χ4v) is 2.78. The van der Waals surface area contributed by atoms with Gasteiger partial charge < -0.3 is 13.4 Å². The molecule has 0 bridgehead atoms. The third kappa shape index (κ3) is 2.19. The van der Waals surface area contributed by atoms with Gasteiger partial charge in [-0.2, -0.15) is 14.1 Å². The van der Waals surface area contributed by atoms with Gasteiger partial charge in [0, 0.05) is 21.1 Å². The van der Waals surface area contributed by atoms with Crippen LogP contribution < -0.4 is 0 Å². The van der Waals surface area contributed by atoms with E-state index in [2.05, 4.69) is 35.2 Å². The summed E-state index contributed by atoms with van der Waals surface area (Å²) < 4.78 is 2.99. The summed E-state index contributed by atoms with van der Waals surface area (Å²) in [6.45, 7) is 7.13. The molecule has 0 aromatic carbocycles. The first-order valence-electron chi connectivity index (χ1n) is 5.80. The molecule has 2 rings (SSSR count). The van der Waals surface area contributed by atoms with Gasteiger partial charge >= 0.3 is 0 Å². The van der Waals surface area contributed by atoms with Crippen molar-refractivity contribution in [1.29, 1.82) is 0 Å². The minimum Gasteiger partial charge on any atom is -0.475 e. The summed E-state index contributed by atoms with van der Waals surface area (Å²) in [5.74, 6) is 0. The second-order valence-electron chi connectivity index (χ2n) is 6.41. The van der Waals surface area contributed by atoms with Crippen molar-refractivity contribution in [3.8, 4) is 0 Å². The second kappa shape index (κ2) is 3.19. The topological polar surface area (TPSA) is 0 Å². The lowest BCUT2D eigenvalue weighted by Gasteiger charge is -2.67. The molecule has 0 spiro atoms. The molecular weight excluding hydrogens is 186 g/mol. The Morgan fingerprint density at radius 3 is 1.60 bits per heavy atom. The molecule has 3 heteroatoms. The minimum atomic E-state index is 0.906. The minimum absolute atomic E-state index is 0.906. The third-order valence-corrected chi connectivity index (χ3v) is 4.16. The average molecular weight is 211 g/mol. The maximum absolute atomic E-state index is 4.28. The number of piperazine rings is 2. The van der Waals surface area contributed by atoms with Crippen molar-refractivity contribution < 1.29 is 13.4 Å². The monoisotopic (exact) mass is 211 g/mol. The van der Waals surface area contributed by atoms with E-state index in [0.717, 1.165) is 22.1 Å². The van der Waals surface area contributed by atoms with E-state index < -0.39 is 0 Å². The zero-order valence-electron chi connectivity index (χ0n) is 10.5. The van der Waals surface area contributed by atoms with Gasteiger partial charge in [-0.15, -0.1) is 0 Å². The largest absolute Gasteiger partial charge is 0.475 e. The van der Waals surface area contributed by atoms with E-state index in [1.165, 1.54) is 30.7 Å². The lowest BCUT2D eigenvalue weighted by molar-refractivity contribution is -1.03. The van der Waals surface area contributed by atoms with Gasteiger partial charge in [0.25, 0.3) is 0 Å².